The van der Waals surface area contributed by atoms with Crippen molar-refractivity contribution in [2.45, 2.75) is 20.0 Å². The van der Waals surface area contributed by atoms with Crippen molar-refractivity contribution in [3.8, 4) is 5.69 Å². The van der Waals surface area contributed by atoms with Crippen molar-refractivity contribution in [2.24, 2.45) is 0 Å². The Hall–Kier alpha value is -3.92. The number of amides is 2. The number of hydrogen-bond acceptors (Lipinski definition) is 4. The summed E-state index contributed by atoms with van der Waals surface area (Å²) in [5.41, 5.74) is 3.00. The lowest BCUT2D eigenvalue weighted by molar-refractivity contribution is -0.137. The maximum atomic E-state index is 13.3. The van der Waals surface area contributed by atoms with Gasteiger partial charge in [0.1, 0.15) is 5.57 Å². The van der Waals surface area contributed by atoms with Crippen LogP contribution in [0.15, 0.2) is 60.2 Å². The van der Waals surface area contributed by atoms with Gasteiger partial charge in [-0.3, -0.25) is 19.8 Å². The van der Waals surface area contributed by atoms with Crippen molar-refractivity contribution in [3.05, 3.63) is 82.7 Å². The molecule has 1 N–H and O–H groups in total. The third kappa shape index (κ3) is 4.64. The SMILES string of the molecule is Cc1cc(/C=C2\C(=O)NC(=S)N(c3cccc(C(F)(F)F)c3)C2=O)c(C)n1-c1ccc(N(C)C)cc1. The summed E-state index contributed by atoms with van der Waals surface area (Å²) in [6.07, 6.45) is -3.16. The zero-order valence-corrected chi connectivity index (χ0v) is 20.8. The molecule has 6 nitrogen and oxygen atoms in total. The molecule has 0 spiro atoms. The molecule has 0 atom stereocenters. The van der Waals surface area contributed by atoms with E-state index in [-0.39, 0.29) is 16.4 Å². The first kappa shape index (κ1) is 25.2. The van der Waals surface area contributed by atoms with Crippen LogP contribution >= 0.6 is 12.2 Å². The quantitative estimate of drug-likeness (QED) is 0.303. The highest BCUT2D eigenvalue weighted by Crippen LogP contribution is 2.33. The first-order valence-electron chi connectivity index (χ1n) is 10.9. The second-order valence-electron chi connectivity index (χ2n) is 8.58. The van der Waals surface area contributed by atoms with E-state index in [4.69, 9.17) is 12.2 Å². The van der Waals surface area contributed by atoms with E-state index < -0.39 is 23.6 Å². The normalized spacial score (nSPS) is 15.5. The summed E-state index contributed by atoms with van der Waals surface area (Å²) in [4.78, 5) is 28.9. The Morgan fingerprint density at radius 1 is 0.972 bits per heavy atom. The van der Waals surface area contributed by atoms with Gasteiger partial charge in [0.15, 0.2) is 5.11 Å². The van der Waals surface area contributed by atoms with Crippen molar-refractivity contribution in [1.82, 2.24) is 9.88 Å². The summed E-state index contributed by atoms with van der Waals surface area (Å²) in [6.45, 7) is 3.77. The molecule has 10 heteroatoms. The summed E-state index contributed by atoms with van der Waals surface area (Å²) in [6, 6.07) is 14.0. The van der Waals surface area contributed by atoms with Gasteiger partial charge in [-0.1, -0.05) is 6.07 Å². The molecule has 3 aromatic rings. The number of hydrogen-bond donors (Lipinski definition) is 1. The highest BCUT2D eigenvalue weighted by molar-refractivity contribution is 7.80. The van der Waals surface area contributed by atoms with Gasteiger partial charge in [-0.25, -0.2) is 0 Å². The van der Waals surface area contributed by atoms with E-state index >= 15 is 0 Å². The standard InChI is InChI=1S/C26H23F3N4O2S/c1-15-12-17(16(2)32(15)20-10-8-19(9-11-20)31(3)4)13-22-23(34)30-25(36)33(24(22)35)21-7-5-6-18(14-21)26(27,28)29/h5-14H,1-4H3,(H,30,34,36)/b22-13+. The van der Waals surface area contributed by atoms with E-state index in [0.29, 0.717) is 5.56 Å². The Bertz CT molecular complexity index is 1410. The smallest absolute Gasteiger partial charge is 0.378 e. The van der Waals surface area contributed by atoms with Crippen molar-refractivity contribution in [1.29, 1.82) is 0 Å². The zero-order chi connectivity index (χ0) is 26.4. The summed E-state index contributed by atoms with van der Waals surface area (Å²) < 4.78 is 41.7. The Kier molecular flexibility index (Phi) is 6.48. The molecule has 0 bridgehead atoms. The number of aryl methyl sites for hydroxylation is 1. The number of halogens is 3. The van der Waals surface area contributed by atoms with Gasteiger partial charge >= 0.3 is 6.18 Å². The van der Waals surface area contributed by atoms with Gasteiger partial charge in [0.2, 0.25) is 0 Å². The number of benzene rings is 2. The number of anilines is 2. The van der Waals surface area contributed by atoms with Crippen LogP contribution in [-0.4, -0.2) is 35.6 Å². The summed E-state index contributed by atoms with van der Waals surface area (Å²) in [5.74, 6) is -1.52. The summed E-state index contributed by atoms with van der Waals surface area (Å²) in [5, 5.41) is 2.13. The highest BCUT2D eigenvalue weighted by Gasteiger charge is 2.36. The first-order valence-corrected chi connectivity index (χ1v) is 11.3. The van der Waals surface area contributed by atoms with Gasteiger partial charge in [0.05, 0.1) is 11.3 Å². The molecule has 186 valence electrons. The number of nitrogens with zero attached hydrogens (tertiary/aromatic N) is 3. The number of aromatic nitrogens is 1. The van der Waals surface area contributed by atoms with Crippen LogP contribution in [0.4, 0.5) is 24.5 Å². The van der Waals surface area contributed by atoms with Crippen LogP contribution < -0.4 is 15.1 Å². The van der Waals surface area contributed by atoms with Crippen LogP contribution in [-0.2, 0) is 15.8 Å². The fourth-order valence-electron chi connectivity index (χ4n) is 4.10. The average Bonchev–Trinajstić information content (AvgIpc) is 3.09. The molecule has 1 aromatic heterocycles. The lowest BCUT2D eigenvalue weighted by Crippen LogP contribution is -2.54. The monoisotopic (exact) mass is 512 g/mol. The van der Waals surface area contributed by atoms with E-state index in [1.807, 2.05) is 67.7 Å². The number of alkyl halides is 3. The fourth-order valence-corrected chi connectivity index (χ4v) is 4.38. The molecule has 4 rings (SSSR count). The summed E-state index contributed by atoms with van der Waals surface area (Å²) >= 11 is 5.12. The topological polar surface area (TPSA) is 57.6 Å². The van der Waals surface area contributed by atoms with E-state index in [9.17, 15) is 22.8 Å². The molecule has 0 saturated carbocycles. The van der Waals surface area contributed by atoms with Gasteiger partial charge < -0.3 is 9.47 Å². The predicted molar refractivity (Wildman–Crippen MR) is 137 cm³/mol. The predicted octanol–water partition coefficient (Wildman–Crippen LogP) is 5.01. The fraction of sp³-hybridized carbons (Fsp3) is 0.192. The van der Waals surface area contributed by atoms with Crippen LogP contribution in [0, 0.1) is 13.8 Å². The third-order valence-corrected chi connectivity index (χ3v) is 6.21. The van der Waals surface area contributed by atoms with Gasteiger partial charge in [0, 0.05) is 36.9 Å². The van der Waals surface area contributed by atoms with Crippen LogP contribution in [0.3, 0.4) is 0 Å². The molecule has 2 heterocycles. The van der Waals surface area contributed by atoms with Crippen molar-refractivity contribution < 1.29 is 22.8 Å². The van der Waals surface area contributed by atoms with E-state index in [2.05, 4.69) is 5.32 Å². The molecule has 36 heavy (non-hydrogen) atoms. The van der Waals surface area contributed by atoms with Gasteiger partial charge in [-0.15, -0.1) is 0 Å². The maximum Gasteiger partial charge on any atom is 0.416 e. The lowest BCUT2D eigenvalue weighted by atomic mass is 10.1. The van der Waals surface area contributed by atoms with E-state index in [0.717, 1.165) is 39.8 Å². The number of carbonyl (C=O) groups is 2. The second-order valence-corrected chi connectivity index (χ2v) is 8.97. The molecule has 0 radical (unpaired) electrons. The highest BCUT2D eigenvalue weighted by atomic mass is 32.1. The second kappa shape index (κ2) is 9.27. The number of carbonyl (C=O) groups excluding carboxylic acids is 2. The van der Waals surface area contributed by atoms with Crippen molar-refractivity contribution in [3.63, 3.8) is 0 Å². The largest absolute Gasteiger partial charge is 0.416 e. The Balaban J connectivity index is 1.73. The number of rotatable bonds is 4. The third-order valence-electron chi connectivity index (χ3n) is 5.93. The molecular formula is C26H23F3N4O2S. The first-order chi connectivity index (χ1) is 16.9. The van der Waals surface area contributed by atoms with E-state index in [1.54, 1.807) is 0 Å². The average molecular weight is 513 g/mol. The van der Waals surface area contributed by atoms with Gasteiger partial charge in [-0.2, -0.15) is 13.2 Å². The molecule has 1 saturated heterocycles. The molecule has 1 aliphatic heterocycles. The molecule has 1 fully saturated rings. The molecule has 2 amide bonds. The number of nitrogens with one attached hydrogen (secondary N) is 1. The lowest BCUT2D eigenvalue weighted by Gasteiger charge is -2.29. The van der Waals surface area contributed by atoms with Crippen LogP contribution in [0.2, 0.25) is 0 Å². The molecule has 1 aliphatic rings. The zero-order valence-electron chi connectivity index (χ0n) is 20.0. The minimum absolute atomic E-state index is 0.0859. The molecule has 0 unspecified atom stereocenters. The van der Waals surface area contributed by atoms with Crippen molar-refractivity contribution >= 4 is 46.6 Å². The van der Waals surface area contributed by atoms with Gasteiger partial charge in [-0.05, 0) is 86.2 Å². The Morgan fingerprint density at radius 3 is 2.25 bits per heavy atom. The molecule has 2 aromatic carbocycles. The van der Waals surface area contributed by atoms with Crippen LogP contribution in [0.5, 0.6) is 0 Å². The Morgan fingerprint density at radius 2 is 1.64 bits per heavy atom. The maximum absolute atomic E-state index is 13.3. The molecular weight excluding hydrogens is 489 g/mol. The van der Waals surface area contributed by atoms with Crippen LogP contribution in [0.1, 0.15) is 22.5 Å². The Labute approximate surface area is 211 Å². The van der Waals surface area contributed by atoms with Gasteiger partial charge in [0.25, 0.3) is 11.8 Å². The van der Waals surface area contributed by atoms with E-state index in [1.165, 1.54) is 18.2 Å². The molecule has 0 aliphatic carbocycles. The van der Waals surface area contributed by atoms with Crippen molar-refractivity contribution in [2.75, 3.05) is 23.9 Å². The minimum Gasteiger partial charge on any atom is -0.378 e. The van der Waals surface area contributed by atoms with Crippen LogP contribution in [0.25, 0.3) is 11.8 Å². The minimum atomic E-state index is -4.60. The number of thiocarbonyl (C=S) groups is 1. The summed E-state index contributed by atoms with van der Waals surface area (Å²) in [7, 11) is 3.90.